The van der Waals surface area contributed by atoms with E-state index >= 15 is 0 Å². The normalized spacial score (nSPS) is 12.1. The highest BCUT2D eigenvalue weighted by atomic mass is 16.2. The molecule has 0 saturated heterocycles. The summed E-state index contributed by atoms with van der Waals surface area (Å²) in [6, 6.07) is 11.1. The van der Waals surface area contributed by atoms with Gasteiger partial charge in [-0.2, -0.15) is 5.10 Å². The maximum absolute atomic E-state index is 12.2. The van der Waals surface area contributed by atoms with Gasteiger partial charge in [-0.1, -0.05) is 30.3 Å². The van der Waals surface area contributed by atoms with Crippen LogP contribution in [-0.2, 0) is 13.6 Å². The highest BCUT2D eigenvalue weighted by Crippen LogP contribution is 2.20. The molecule has 0 aliphatic heterocycles. The monoisotopic (exact) mass is 324 g/mol. The summed E-state index contributed by atoms with van der Waals surface area (Å²) in [5.41, 5.74) is 8.37. The molecule has 1 aromatic carbocycles. The number of fused-ring (bicyclic) bond motifs is 1. The summed E-state index contributed by atoms with van der Waals surface area (Å²) in [4.78, 5) is 16.6. The maximum Gasteiger partial charge on any atom is 0.320 e. The van der Waals surface area contributed by atoms with E-state index in [-0.39, 0.29) is 18.6 Å². The molecule has 0 unspecified atom stereocenters. The van der Waals surface area contributed by atoms with E-state index in [2.05, 4.69) is 20.7 Å². The standard InChI is InChI=1S/C17H20N6O/c1-11(12-6-4-3-5-7-12)20-17(24)22-15-8-13-10-19-23(2)16(13)14(9-18)21-15/h3-8,10-11H,9,18H2,1-2H3,(H2,20,21,22,24)/t11-/m1/s1. The van der Waals surface area contributed by atoms with E-state index in [0.29, 0.717) is 11.5 Å². The predicted octanol–water partition coefficient (Wildman–Crippen LogP) is 2.31. The number of pyridine rings is 1. The molecule has 3 rings (SSSR count). The number of amides is 2. The topological polar surface area (TPSA) is 97.9 Å². The quantitative estimate of drug-likeness (QED) is 0.686. The van der Waals surface area contributed by atoms with Crippen LogP contribution in [0.2, 0.25) is 0 Å². The zero-order valence-corrected chi connectivity index (χ0v) is 13.7. The van der Waals surface area contributed by atoms with Gasteiger partial charge in [0.05, 0.1) is 23.4 Å². The molecule has 4 N–H and O–H groups in total. The number of aromatic nitrogens is 3. The second-order valence-electron chi connectivity index (χ2n) is 5.60. The zero-order valence-electron chi connectivity index (χ0n) is 13.7. The smallest absolute Gasteiger partial charge is 0.320 e. The Morgan fingerprint density at radius 3 is 2.79 bits per heavy atom. The van der Waals surface area contributed by atoms with Crippen molar-refractivity contribution in [3.63, 3.8) is 0 Å². The van der Waals surface area contributed by atoms with E-state index in [4.69, 9.17) is 5.73 Å². The summed E-state index contributed by atoms with van der Waals surface area (Å²) < 4.78 is 1.73. The van der Waals surface area contributed by atoms with Crippen molar-refractivity contribution in [2.45, 2.75) is 19.5 Å². The molecular weight excluding hydrogens is 304 g/mol. The number of carbonyl (C=O) groups is 1. The lowest BCUT2D eigenvalue weighted by atomic mass is 10.1. The molecule has 124 valence electrons. The van der Waals surface area contributed by atoms with Crippen LogP contribution in [0.4, 0.5) is 10.6 Å². The van der Waals surface area contributed by atoms with Gasteiger partial charge < -0.3 is 11.1 Å². The van der Waals surface area contributed by atoms with Gasteiger partial charge in [0.15, 0.2) is 0 Å². The second kappa shape index (κ2) is 6.67. The minimum absolute atomic E-state index is 0.109. The number of rotatable bonds is 4. The van der Waals surface area contributed by atoms with Crippen molar-refractivity contribution in [1.29, 1.82) is 0 Å². The molecule has 7 nitrogen and oxygen atoms in total. The van der Waals surface area contributed by atoms with Gasteiger partial charge in [0.25, 0.3) is 0 Å². The molecule has 0 radical (unpaired) electrons. The number of anilines is 1. The molecule has 2 heterocycles. The summed E-state index contributed by atoms with van der Waals surface area (Å²) in [5.74, 6) is 0.453. The van der Waals surface area contributed by atoms with Crippen molar-refractivity contribution in [3.05, 3.63) is 53.9 Å². The Balaban J connectivity index is 1.76. The van der Waals surface area contributed by atoms with E-state index in [1.54, 1.807) is 16.9 Å². The summed E-state index contributed by atoms with van der Waals surface area (Å²) in [7, 11) is 1.84. The van der Waals surface area contributed by atoms with E-state index in [1.165, 1.54) is 0 Å². The molecule has 2 amide bonds. The summed E-state index contributed by atoms with van der Waals surface area (Å²) >= 11 is 0. The average Bonchev–Trinajstić information content (AvgIpc) is 2.96. The van der Waals surface area contributed by atoms with Gasteiger partial charge in [-0.3, -0.25) is 10.00 Å². The van der Waals surface area contributed by atoms with Gasteiger partial charge in [0.1, 0.15) is 5.82 Å². The lowest BCUT2D eigenvalue weighted by Crippen LogP contribution is -2.31. The molecule has 0 bridgehead atoms. The molecule has 3 aromatic rings. The van der Waals surface area contributed by atoms with Crippen LogP contribution in [0.5, 0.6) is 0 Å². The molecule has 0 fully saturated rings. The first-order chi connectivity index (χ1) is 11.6. The molecule has 0 aliphatic carbocycles. The third-order valence-corrected chi connectivity index (χ3v) is 3.87. The van der Waals surface area contributed by atoms with Crippen molar-refractivity contribution in [2.75, 3.05) is 5.32 Å². The van der Waals surface area contributed by atoms with E-state index in [9.17, 15) is 4.79 Å². The molecule has 0 aliphatic rings. The highest BCUT2D eigenvalue weighted by molar-refractivity contribution is 5.92. The molecular formula is C17H20N6O. The first-order valence-electron chi connectivity index (χ1n) is 7.72. The zero-order chi connectivity index (χ0) is 17.1. The molecule has 0 spiro atoms. The number of nitrogens with zero attached hydrogens (tertiary/aromatic N) is 3. The van der Waals surface area contributed by atoms with Gasteiger partial charge in [-0.15, -0.1) is 0 Å². The van der Waals surface area contributed by atoms with Gasteiger partial charge >= 0.3 is 6.03 Å². The number of hydrogen-bond acceptors (Lipinski definition) is 4. The van der Waals surface area contributed by atoms with Crippen LogP contribution < -0.4 is 16.4 Å². The number of urea groups is 1. The minimum Gasteiger partial charge on any atom is -0.331 e. The summed E-state index contributed by atoms with van der Waals surface area (Å²) in [5, 5.41) is 10.8. The minimum atomic E-state index is -0.315. The molecule has 2 aromatic heterocycles. The first kappa shape index (κ1) is 15.9. The Bertz CT molecular complexity index is 858. The summed E-state index contributed by atoms with van der Waals surface area (Å²) in [6.45, 7) is 2.20. The number of aryl methyl sites for hydroxylation is 1. The predicted molar refractivity (Wildman–Crippen MR) is 93.4 cm³/mol. The van der Waals surface area contributed by atoms with Crippen molar-refractivity contribution >= 4 is 22.8 Å². The van der Waals surface area contributed by atoms with Gasteiger partial charge in [-0.05, 0) is 18.6 Å². The fourth-order valence-corrected chi connectivity index (χ4v) is 2.67. The average molecular weight is 324 g/mol. The largest absolute Gasteiger partial charge is 0.331 e. The van der Waals surface area contributed by atoms with Crippen molar-refractivity contribution in [2.24, 2.45) is 12.8 Å². The van der Waals surface area contributed by atoms with E-state index in [1.807, 2.05) is 44.3 Å². The first-order valence-corrected chi connectivity index (χ1v) is 7.72. The van der Waals surface area contributed by atoms with Gasteiger partial charge in [0.2, 0.25) is 0 Å². The van der Waals surface area contributed by atoms with Crippen molar-refractivity contribution in [3.8, 4) is 0 Å². The van der Waals surface area contributed by atoms with Crippen LogP contribution >= 0.6 is 0 Å². The Morgan fingerprint density at radius 1 is 1.33 bits per heavy atom. The number of benzene rings is 1. The third-order valence-electron chi connectivity index (χ3n) is 3.87. The van der Waals surface area contributed by atoms with Crippen LogP contribution in [0.15, 0.2) is 42.6 Å². The van der Waals surface area contributed by atoms with Crippen LogP contribution in [-0.4, -0.2) is 20.8 Å². The van der Waals surface area contributed by atoms with E-state index in [0.717, 1.165) is 16.5 Å². The Kier molecular flexibility index (Phi) is 4.43. The van der Waals surface area contributed by atoms with Crippen LogP contribution in [0.1, 0.15) is 24.2 Å². The molecule has 7 heteroatoms. The summed E-state index contributed by atoms with van der Waals surface area (Å²) in [6.07, 6.45) is 1.73. The Hall–Kier alpha value is -2.93. The Labute approximate surface area is 139 Å². The lowest BCUT2D eigenvalue weighted by molar-refractivity contribution is 0.249. The Morgan fingerprint density at radius 2 is 2.08 bits per heavy atom. The van der Waals surface area contributed by atoms with Crippen LogP contribution in [0.25, 0.3) is 10.9 Å². The van der Waals surface area contributed by atoms with Crippen molar-refractivity contribution < 1.29 is 4.79 Å². The van der Waals surface area contributed by atoms with E-state index < -0.39 is 0 Å². The maximum atomic E-state index is 12.2. The number of nitrogens with two attached hydrogens (primary N) is 1. The van der Waals surface area contributed by atoms with Crippen LogP contribution in [0.3, 0.4) is 0 Å². The fourth-order valence-electron chi connectivity index (χ4n) is 2.67. The number of nitrogens with one attached hydrogen (secondary N) is 2. The highest BCUT2D eigenvalue weighted by Gasteiger charge is 2.13. The lowest BCUT2D eigenvalue weighted by Gasteiger charge is -2.15. The molecule has 0 saturated carbocycles. The fraction of sp³-hybridized carbons (Fsp3) is 0.235. The SMILES string of the molecule is C[C@@H](NC(=O)Nc1cc2cnn(C)c2c(CN)n1)c1ccccc1. The third kappa shape index (κ3) is 3.21. The number of carbonyl (C=O) groups excluding carboxylic acids is 1. The molecule has 24 heavy (non-hydrogen) atoms. The van der Waals surface area contributed by atoms with Crippen LogP contribution in [0, 0.1) is 0 Å². The second-order valence-corrected chi connectivity index (χ2v) is 5.60. The van der Waals surface area contributed by atoms with Gasteiger partial charge in [0, 0.05) is 19.0 Å². The van der Waals surface area contributed by atoms with Gasteiger partial charge in [-0.25, -0.2) is 9.78 Å². The number of hydrogen-bond donors (Lipinski definition) is 3. The van der Waals surface area contributed by atoms with Crippen molar-refractivity contribution in [1.82, 2.24) is 20.1 Å². The molecule has 1 atom stereocenters.